The van der Waals surface area contributed by atoms with Crippen LogP contribution in [0.1, 0.15) is 45.3 Å². The molecular formula is C18H22N4O2S. The Morgan fingerprint density at radius 2 is 2.12 bits per heavy atom. The second kappa shape index (κ2) is 7.23. The maximum absolute atomic E-state index is 12.4. The Bertz CT molecular complexity index is 922. The van der Waals surface area contributed by atoms with E-state index in [0.717, 1.165) is 23.4 Å². The number of aromatic amines is 1. The van der Waals surface area contributed by atoms with Gasteiger partial charge in [0.05, 0.1) is 22.3 Å². The van der Waals surface area contributed by atoms with Crippen molar-refractivity contribution >= 4 is 22.9 Å². The smallest absolute Gasteiger partial charge is 0.272 e. The fourth-order valence-corrected chi connectivity index (χ4v) is 3.55. The van der Waals surface area contributed by atoms with Gasteiger partial charge >= 0.3 is 0 Å². The van der Waals surface area contributed by atoms with E-state index in [-0.39, 0.29) is 23.4 Å². The summed E-state index contributed by atoms with van der Waals surface area (Å²) in [7, 11) is 0. The molecule has 1 atom stereocenters. The van der Waals surface area contributed by atoms with Gasteiger partial charge in [0.15, 0.2) is 5.65 Å². The first-order chi connectivity index (χ1) is 12.0. The Labute approximate surface area is 149 Å². The Hall–Kier alpha value is -2.41. The zero-order valence-electron chi connectivity index (χ0n) is 14.6. The molecule has 0 aliphatic carbocycles. The van der Waals surface area contributed by atoms with Crippen molar-refractivity contribution in [2.24, 2.45) is 5.92 Å². The lowest BCUT2D eigenvalue weighted by Gasteiger charge is -2.17. The van der Waals surface area contributed by atoms with Gasteiger partial charge in [-0.3, -0.25) is 14.7 Å². The second-order valence-electron chi connectivity index (χ2n) is 6.10. The Morgan fingerprint density at radius 1 is 1.36 bits per heavy atom. The lowest BCUT2D eigenvalue weighted by Crippen LogP contribution is -2.33. The maximum Gasteiger partial charge on any atom is 0.272 e. The van der Waals surface area contributed by atoms with Crippen LogP contribution >= 0.6 is 11.3 Å². The number of carbonyl (C=O) groups excluding carboxylic acids is 1. The van der Waals surface area contributed by atoms with Gasteiger partial charge in [0.2, 0.25) is 5.91 Å². The van der Waals surface area contributed by atoms with Crippen LogP contribution in [0.5, 0.6) is 0 Å². The molecule has 6 nitrogen and oxygen atoms in total. The number of H-pyrrole nitrogens is 1. The molecule has 2 N–H and O–H groups in total. The first kappa shape index (κ1) is 17.4. The molecule has 132 valence electrons. The van der Waals surface area contributed by atoms with E-state index in [9.17, 15) is 9.59 Å². The van der Waals surface area contributed by atoms with Crippen LogP contribution in [-0.2, 0) is 4.79 Å². The van der Waals surface area contributed by atoms with Crippen LogP contribution in [0, 0.1) is 5.92 Å². The highest BCUT2D eigenvalue weighted by atomic mass is 32.1. The normalized spacial score (nSPS) is 12.6. The van der Waals surface area contributed by atoms with Crippen LogP contribution < -0.4 is 10.9 Å². The van der Waals surface area contributed by atoms with Gasteiger partial charge < -0.3 is 5.32 Å². The Balaban J connectivity index is 1.90. The summed E-state index contributed by atoms with van der Waals surface area (Å²) in [6.07, 6.45) is 1.60. The zero-order chi connectivity index (χ0) is 18.0. The first-order valence-corrected chi connectivity index (χ1v) is 9.38. The largest absolute Gasteiger partial charge is 0.348 e. The average Bonchev–Trinajstić information content (AvgIpc) is 3.25. The highest BCUT2D eigenvalue weighted by molar-refractivity contribution is 7.13. The second-order valence-corrected chi connectivity index (χ2v) is 7.05. The minimum absolute atomic E-state index is 0.00726. The minimum atomic E-state index is -0.314. The quantitative estimate of drug-likeness (QED) is 0.709. The molecule has 0 radical (unpaired) electrons. The molecule has 0 aliphatic rings. The van der Waals surface area contributed by atoms with E-state index in [1.54, 1.807) is 11.3 Å². The van der Waals surface area contributed by atoms with Gasteiger partial charge in [-0.05, 0) is 31.2 Å². The summed E-state index contributed by atoms with van der Waals surface area (Å²) in [6.45, 7) is 5.85. The lowest BCUT2D eigenvalue weighted by molar-refractivity contribution is -0.125. The molecule has 0 aromatic carbocycles. The number of amides is 1. The van der Waals surface area contributed by atoms with Crippen LogP contribution in [0.4, 0.5) is 0 Å². The van der Waals surface area contributed by atoms with Gasteiger partial charge in [-0.15, -0.1) is 11.3 Å². The number of carbonyl (C=O) groups is 1. The van der Waals surface area contributed by atoms with Gasteiger partial charge in [0, 0.05) is 18.1 Å². The molecule has 3 heterocycles. The van der Waals surface area contributed by atoms with E-state index in [0.29, 0.717) is 11.3 Å². The molecule has 0 spiro atoms. The predicted octanol–water partition coefficient (Wildman–Crippen LogP) is 3.36. The summed E-state index contributed by atoms with van der Waals surface area (Å²) >= 11 is 1.59. The summed E-state index contributed by atoms with van der Waals surface area (Å²) in [5.41, 5.74) is 1.78. The molecule has 3 aromatic heterocycles. The lowest BCUT2D eigenvalue weighted by atomic mass is 10.0. The van der Waals surface area contributed by atoms with Gasteiger partial charge in [0.1, 0.15) is 0 Å². The van der Waals surface area contributed by atoms with Gasteiger partial charge in [-0.1, -0.05) is 19.9 Å². The molecular weight excluding hydrogens is 336 g/mol. The summed E-state index contributed by atoms with van der Waals surface area (Å²) in [6, 6.07) is 6.96. The van der Waals surface area contributed by atoms with E-state index in [1.807, 2.05) is 44.4 Å². The van der Waals surface area contributed by atoms with Crippen molar-refractivity contribution in [3.8, 4) is 10.6 Å². The highest BCUT2D eigenvalue weighted by Gasteiger charge is 2.19. The number of nitrogens with zero attached hydrogens (tertiary/aromatic N) is 2. The van der Waals surface area contributed by atoms with Crippen molar-refractivity contribution in [2.45, 2.75) is 39.7 Å². The monoisotopic (exact) mass is 358 g/mol. The number of thiophene rings is 1. The molecule has 7 heteroatoms. The molecule has 3 rings (SSSR count). The zero-order valence-corrected chi connectivity index (χ0v) is 15.4. The van der Waals surface area contributed by atoms with Crippen LogP contribution in [0.15, 0.2) is 34.4 Å². The molecule has 0 aliphatic heterocycles. The minimum Gasteiger partial charge on any atom is -0.348 e. The fourth-order valence-electron chi connectivity index (χ4n) is 2.85. The van der Waals surface area contributed by atoms with Crippen LogP contribution in [0.3, 0.4) is 0 Å². The average molecular weight is 358 g/mol. The third-order valence-corrected chi connectivity index (χ3v) is 5.32. The van der Waals surface area contributed by atoms with E-state index in [4.69, 9.17) is 0 Å². The topological polar surface area (TPSA) is 79.3 Å². The summed E-state index contributed by atoms with van der Waals surface area (Å²) < 4.78 is 1.42. The van der Waals surface area contributed by atoms with E-state index >= 15 is 0 Å². The predicted molar refractivity (Wildman–Crippen MR) is 99.8 cm³/mol. The van der Waals surface area contributed by atoms with Gasteiger partial charge in [-0.2, -0.15) is 0 Å². The van der Waals surface area contributed by atoms with Crippen LogP contribution in [0.2, 0.25) is 0 Å². The molecule has 0 saturated heterocycles. The van der Waals surface area contributed by atoms with Gasteiger partial charge in [0.25, 0.3) is 5.56 Å². The molecule has 3 aromatic rings. The molecule has 1 amide bonds. The van der Waals surface area contributed by atoms with Crippen molar-refractivity contribution in [3.63, 3.8) is 0 Å². The standard InChI is InChI=1S/C18H22N4O2S/c1-4-12(5-2)18(24)19-11(3)13-10-17(23)22-16(20-13)9-14(21-22)15-7-6-8-25-15/h6-12,21H,4-5H2,1-3H3,(H,19,24)/t11-/m0/s1. The number of fused-ring (bicyclic) bond motifs is 1. The van der Waals surface area contributed by atoms with Crippen molar-refractivity contribution in [1.82, 2.24) is 19.9 Å². The third kappa shape index (κ3) is 3.51. The van der Waals surface area contributed by atoms with Crippen LogP contribution in [-0.4, -0.2) is 20.5 Å². The molecule has 0 saturated carbocycles. The summed E-state index contributed by atoms with van der Waals surface area (Å²) in [4.78, 5) is 30.3. The SMILES string of the molecule is CCC(CC)C(=O)N[C@@H](C)c1cc(=O)n2[nH]c(-c3cccs3)cc2n1. The molecule has 0 bridgehead atoms. The van der Waals surface area contributed by atoms with Crippen molar-refractivity contribution in [2.75, 3.05) is 0 Å². The molecule has 25 heavy (non-hydrogen) atoms. The maximum atomic E-state index is 12.4. The number of hydrogen-bond donors (Lipinski definition) is 2. The molecule has 0 unspecified atom stereocenters. The number of nitrogens with one attached hydrogen (secondary N) is 2. The Kier molecular flexibility index (Phi) is 5.03. The van der Waals surface area contributed by atoms with Crippen molar-refractivity contribution in [3.05, 3.63) is 45.7 Å². The summed E-state index contributed by atoms with van der Waals surface area (Å²) in [5.74, 6) is -0.00203. The van der Waals surface area contributed by atoms with Crippen LogP contribution in [0.25, 0.3) is 16.2 Å². The van der Waals surface area contributed by atoms with Crippen molar-refractivity contribution in [1.29, 1.82) is 0 Å². The number of aromatic nitrogens is 3. The highest BCUT2D eigenvalue weighted by Crippen LogP contribution is 2.23. The first-order valence-electron chi connectivity index (χ1n) is 8.50. The Morgan fingerprint density at radius 3 is 2.76 bits per heavy atom. The van der Waals surface area contributed by atoms with Crippen molar-refractivity contribution < 1.29 is 4.79 Å². The summed E-state index contributed by atoms with van der Waals surface area (Å²) in [5, 5.41) is 8.03. The third-order valence-electron chi connectivity index (χ3n) is 4.42. The fraction of sp³-hybridized carbons (Fsp3) is 0.389. The van der Waals surface area contributed by atoms with E-state index in [1.165, 1.54) is 10.6 Å². The number of rotatable bonds is 6. The molecule has 0 fully saturated rings. The van der Waals surface area contributed by atoms with Gasteiger partial charge in [-0.25, -0.2) is 9.50 Å². The number of hydrogen-bond acceptors (Lipinski definition) is 4. The van der Waals surface area contributed by atoms with E-state index < -0.39 is 0 Å². The van der Waals surface area contributed by atoms with E-state index in [2.05, 4.69) is 15.4 Å².